The summed E-state index contributed by atoms with van der Waals surface area (Å²) in [6.45, 7) is 0. The van der Waals surface area contributed by atoms with Crippen molar-refractivity contribution in [1.82, 2.24) is 15.0 Å². The Morgan fingerprint density at radius 3 is 2.67 bits per heavy atom. The average Bonchev–Trinajstić information content (AvgIpc) is 3.22. The Balaban J connectivity index is 1.92. The van der Waals surface area contributed by atoms with Crippen LogP contribution in [0.1, 0.15) is 24.6 Å². The Morgan fingerprint density at radius 2 is 1.95 bits per heavy atom. The first-order valence-electron chi connectivity index (χ1n) is 6.83. The zero-order valence-electron chi connectivity index (χ0n) is 11.2. The maximum atomic E-state index is 6.34. The first-order valence-corrected chi connectivity index (χ1v) is 8.09. The highest BCUT2D eigenvalue weighted by molar-refractivity contribution is 7.13. The Labute approximate surface area is 131 Å². The lowest BCUT2D eigenvalue weighted by Gasteiger charge is -2.10. The van der Waals surface area contributed by atoms with Gasteiger partial charge in [-0.2, -0.15) is 0 Å². The van der Waals surface area contributed by atoms with Gasteiger partial charge in [-0.25, -0.2) is 9.97 Å². The van der Waals surface area contributed by atoms with Crippen molar-refractivity contribution >= 4 is 22.9 Å². The molecule has 3 nitrogen and oxygen atoms in total. The van der Waals surface area contributed by atoms with E-state index >= 15 is 0 Å². The van der Waals surface area contributed by atoms with Crippen molar-refractivity contribution in [2.45, 2.75) is 18.8 Å². The summed E-state index contributed by atoms with van der Waals surface area (Å²) in [5.41, 5.74) is 4.69. The Morgan fingerprint density at radius 1 is 1.10 bits per heavy atom. The minimum absolute atomic E-state index is 0.525. The van der Waals surface area contributed by atoms with E-state index in [9.17, 15) is 0 Å². The van der Waals surface area contributed by atoms with Crippen LogP contribution >= 0.6 is 22.9 Å². The summed E-state index contributed by atoms with van der Waals surface area (Å²) in [4.78, 5) is 14.6. The molecule has 5 heteroatoms. The van der Waals surface area contributed by atoms with Crippen molar-refractivity contribution in [2.75, 3.05) is 0 Å². The number of halogens is 1. The van der Waals surface area contributed by atoms with Gasteiger partial charge in [-0.15, -0.1) is 11.3 Å². The lowest BCUT2D eigenvalue weighted by atomic mass is 10.0. The Kier molecular flexibility index (Phi) is 3.20. The summed E-state index contributed by atoms with van der Waals surface area (Å²) in [6.07, 6.45) is 6.13. The molecule has 1 saturated carbocycles. The number of hydrogen-bond donors (Lipinski definition) is 0. The molecule has 21 heavy (non-hydrogen) atoms. The van der Waals surface area contributed by atoms with E-state index in [1.165, 1.54) is 12.8 Å². The van der Waals surface area contributed by atoms with E-state index in [0.717, 1.165) is 27.5 Å². The van der Waals surface area contributed by atoms with Crippen LogP contribution in [-0.2, 0) is 0 Å². The normalized spacial score (nSPS) is 14.3. The molecule has 0 aliphatic heterocycles. The maximum absolute atomic E-state index is 6.34. The number of rotatable bonds is 3. The molecule has 1 aliphatic rings. The van der Waals surface area contributed by atoms with E-state index in [-0.39, 0.29) is 0 Å². The third-order valence-corrected chi connectivity index (χ3v) is 4.69. The summed E-state index contributed by atoms with van der Waals surface area (Å²) in [5.74, 6) is 1.46. The molecule has 2 aromatic heterocycles. The molecule has 0 spiro atoms. The average molecular weight is 314 g/mol. The van der Waals surface area contributed by atoms with Crippen molar-refractivity contribution in [3.05, 3.63) is 53.0 Å². The smallest absolute Gasteiger partial charge is 0.132 e. The standard InChI is InChI=1S/C16H12ClN3S/c17-13-4-2-1-3-11(13)12-7-19-16(10-5-6-10)20-15(12)14-8-18-9-21-14/h1-4,7-10H,5-6H2. The Hall–Kier alpha value is -1.78. The molecular formula is C16H12ClN3S. The highest BCUT2D eigenvalue weighted by Crippen LogP contribution is 2.41. The van der Waals surface area contributed by atoms with Crippen LogP contribution in [0.5, 0.6) is 0 Å². The molecule has 3 aromatic rings. The van der Waals surface area contributed by atoms with Crippen LogP contribution in [0.2, 0.25) is 5.02 Å². The van der Waals surface area contributed by atoms with Gasteiger partial charge < -0.3 is 0 Å². The van der Waals surface area contributed by atoms with Gasteiger partial charge in [0.15, 0.2) is 0 Å². The van der Waals surface area contributed by atoms with Gasteiger partial charge in [-0.3, -0.25) is 4.98 Å². The van der Waals surface area contributed by atoms with Gasteiger partial charge in [0.05, 0.1) is 16.1 Å². The zero-order chi connectivity index (χ0) is 14.2. The number of nitrogens with zero attached hydrogens (tertiary/aromatic N) is 3. The molecular weight excluding hydrogens is 302 g/mol. The minimum Gasteiger partial charge on any atom is -0.252 e. The van der Waals surface area contributed by atoms with Gasteiger partial charge in [-0.1, -0.05) is 29.8 Å². The second kappa shape index (κ2) is 5.20. The fraction of sp³-hybridized carbons (Fsp3) is 0.188. The van der Waals surface area contributed by atoms with Gasteiger partial charge in [0.25, 0.3) is 0 Å². The SMILES string of the molecule is Clc1ccccc1-c1cnc(C2CC2)nc1-c1cncs1. The molecule has 0 radical (unpaired) electrons. The topological polar surface area (TPSA) is 38.7 Å². The fourth-order valence-electron chi connectivity index (χ4n) is 2.33. The van der Waals surface area contributed by atoms with E-state index < -0.39 is 0 Å². The lowest BCUT2D eigenvalue weighted by Crippen LogP contribution is -1.97. The molecule has 0 atom stereocenters. The van der Waals surface area contributed by atoms with Crippen molar-refractivity contribution in [3.63, 3.8) is 0 Å². The van der Waals surface area contributed by atoms with Gasteiger partial charge >= 0.3 is 0 Å². The summed E-state index contributed by atoms with van der Waals surface area (Å²) >= 11 is 7.93. The molecule has 4 rings (SSSR count). The van der Waals surface area contributed by atoms with Gasteiger partial charge in [0, 0.05) is 34.5 Å². The number of hydrogen-bond acceptors (Lipinski definition) is 4. The first-order chi connectivity index (χ1) is 10.3. The third-order valence-electron chi connectivity index (χ3n) is 3.58. The van der Waals surface area contributed by atoms with E-state index in [1.807, 2.05) is 42.2 Å². The van der Waals surface area contributed by atoms with Crippen LogP contribution in [0.3, 0.4) is 0 Å². The molecule has 0 amide bonds. The van der Waals surface area contributed by atoms with Crippen molar-refractivity contribution in [2.24, 2.45) is 0 Å². The molecule has 0 bridgehead atoms. The summed E-state index contributed by atoms with van der Waals surface area (Å²) in [5, 5.41) is 0.714. The molecule has 1 aliphatic carbocycles. The van der Waals surface area contributed by atoms with Crippen LogP contribution in [0.4, 0.5) is 0 Å². The van der Waals surface area contributed by atoms with Crippen molar-refractivity contribution in [3.8, 4) is 21.7 Å². The highest BCUT2D eigenvalue weighted by atomic mass is 35.5. The van der Waals surface area contributed by atoms with Crippen LogP contribution < -0.4 is 0 Å². The molecule has 1 aromatic carbocycles. The monoisotopic (exact) mass is 313 g/mol. The molecule has 0 N–H and O–H groups in total. The zero-order valence-corrected chi connectivity index (χ0v) is 12.7. The molecule has 104 valence electrons. The summed E-state index contributed by atoms with van der Waals surface area (Å²) in [6, 6.07) is 7.80. The highest BCUT2D eigenvalue weighted by Gasteiger charge is 2.28. The minimum atomic E-state index is 0.525. The fourth-order valence-corrected chi connectivity index (χ4v) is 3.19. The number of aromatic nitrogens is 3. The van der Waals surface area contributed by atoms with E-state index in [1.54, 1.807) is 11.3 Å². The van der Waals surface area contributed by atoms with Crippen molar-refractivity contribution < 1.29 is 0 Å². The second-order valence-electron chi connectivity index (χ2n) is 5.11. The van der Waals surface area contributed by atoms with Crippen LogP contribution in [0.15, 0.2) is 42.2 Å². The third kappa shape index (κ3) is 2.45. The largest absolute Gasteiger partial charge is 0.252 e. The van der Waals surface area contributed by atoms with Crippen LogP contribution in [0, 0.1) is 0 Å². The van der Waals surface area contributed by atoms with E-state index in [0.29, 0.717) is 10.9 Å². The predicted molar refractivity (Wildman–Crippen MR) is 85.6 cm³/mol. The van der Waals surface area contributed by atoms with E-state index in [4.69, 9.17) is 16.6 Å². The molecule has 0 saturated heterocycles. The molecule has 1 fully saturated rings. The second-order valence-corrected chi connectivity index (χ2v) is 6.40. The number of benzene rings is 1. The number of thiazole rings is 1. The van der Waals surface area contributed by atoms with Gasteiger partial charge in [-0.05, 0) is 18.9 Å². The summed E-state index contributed by atoms with van der Waals surface area (Å²) < 4.78 is 0. The van der Waals surface area contributed by atoms with Gasteiger partial charge in [0.2, 0.25) is 0 Å². The van der Waals surface area contributed by atoms with Gasteiger partial charge in [0.1, 0.15) is 5.82 Å². The molecule has 0 unspecified atom stereocenters. The van der Waals surface area contributed by atoms with E-state index in [2.05, 4.69) is 9.97 Å². The lowest BCUT2D eigenvalue weighted by molar-refractivity contribution is 0.933. The molecule has 2 heterocycles. The first kappa shape index (κ1) is 12.9. The quantitative estimate of drug-likeness (QED) is 0.697. The maximum Gasteiger partial charge on any atom is 0.132 e. The van der Waals surface area contributed by atoms with Crippen LogP contribution in [0.25, 0.3) is 21.7 Å². The Bertz CT molecular complexity index is 782. The predicted octanol–water partition coefficient (Wildman–Crippen LogP) is 4.80. The summed E-state index contributed by atoms with van der Waals surface area (Å²) in [7, 11) is 0. The van der Waals surface area contributed by atoms with Crippen LogP contribution in [-0.4, -0.2) is 15.0 Å². The van der Waals surface area contributed by atoms with Crippen molar-refractivity contribution in [1.29, 1.82) is 0 Å².